The Bertz CT molecular complexity index is 657. The molecule has 2 N–H and O–H groups in total. The van der Waals surface area contributed by atoms with Crippen LogP contribution in [0.5, 0.6) is 0 Å². The molecule has 0 saturated carbocycles. The van der Waals surface area contributed by atoms with Crippen molar-refractivity contribution >= 4 is 39.9 Å². The first-order valence-corrected chi connectivity index (χ1v) is 5.87. The van der Waals surface area contributed by atoms with Crippen LogP contribution in [-0.2, 0) is 4.79 Å². The molecule has 3 rings (SSSR count). The Morgan fingerprint density at radius 1 is 1.18 bits per heavy atom. The fourth-order valence-corrected chi connectivity index (χ4v) is 2.47. The molecule has 2 amide bonds. The number of benzene rings is 1. The first-order chi connectivity index (χ1) is 8.24. The maximum absolute atomic E-state index is 11.4. The minimum absolute atomic E-state index is 0.317. The lowest BCUT2D eigenvalue weighted by Crippen LogP contribution is -2.17. The van der Waals surface area contributed by atoms with E-state index in [0.29, 0.717) is 4.91 Å². The number of carbonyl (C=O) groups excluding carboxylic acids is 2. The van der Waals surface area contributed by atoms with Crippen LogP contribution in [0.2, 0.25) is 0 Å². The minimum atomic E-state index is -0.326. The molecule has 1 saturated heterocycles. The first-order valence-electron chi connectivity index (χ1n) is 5.05. The number of rotatable bonds is 1. The summed E-state index contributed by atoms with van der Waals surface area (Å²) in [6, 6.07) is 7.73. The van der Waals surface area contributed by atoms with Gasteiger partial charge in [0.25, 0.3) is 11.1 Å². The van der Waals surface area contributed by atoms with E-state index in [4.69, 9.17) is 0 Å². The summed E-state index contributed by atoms with van der Waals surface area (Å²) >= 11 is 0.931. The fraction of sp³-hybridized carbons (Fsp3) is 0. The quantitative estimate of drug-likeness (QED) is 0.757. The summed E-state index contributed by atoms with van der Waals surface area (Å²) in [7, 11) is 0. The van der Waals surface area contributed by atoms with Crippen molar-refractivity contribution in [2.45, 2.75) is 0 Å². The number of hydrogen-bond donors (Lipinski definition) is 2. The molecular weight excluding hydrogens is 236 g/mol. The second kappa shape index (κ2) is 3.78. The van der Waals surface area contributed by atoms with Crippen LogP contribution in [0.25, 0.3) is 17.0 Å². The summed E-state index contributed by atoms with van der Waals surface area (Å²) in [5.74, 6) is -0.326. The van der Waals surface area contributed by atoms with Crippen LogP contribution in [-0.4, -0.2) is 16.1 Å². The van der Waals surface area contributed by atoms with Crippen molar-refractivity contribution in [2.24, 2.45) is 0 Å². The van der Waals surface area contributed by atoms with Crippen molar-refractivity contribution in [3.05, 3.63) is 40.9 Å². The monoisotopic (exact) mass is 244 g/mol. The van der Waals surface area contributed by atoms with Crippen LogP contribution in [0.3, 0.4) is 0 Å². The Morgan fingerprint density at radius 3 is 2.82 bits per heavy atom. The standard InChI is InChI=1S/C12H8N2O2S/c15-11-10(17-12(16)14-11)6-7-2-1-3-9-8(7)4-5-13-9/h1-6,13H,(H,14,15,16)/b10-6-. The van der Waals surface area contributed by atoms with Gasteiger partial charge in [-0.1, -0.05) is 12.1 Å². The molecule has 17 heavy (non-hydrogen) atoms. The topological polar surface area (TPSA) is 62.0 Å². The number of amides is 2. The number of thioether (sulfide) groups is 1. The molecule has 2 aromatic rings. The van der Waals surface area contributed by atoms with Crippen molar-refractivity contribution in [1.82, 2.24) is 10.3 Å². The van der Waals surface area contributed by atoms with Crippen LogP contribution in [0.1, 0.15) is 5.56 Å². The van der Waals surface area contributed by atoms with Gasteiger partial charge in [-0.3, -0.25) is 14.9 Å². The van der Waals surface area contributed by atoms with Crippen molar-refractivity contribution in [1.29, 1.82) is 0 Å². The van der Waals surface area contributed by atoms with E-state index in [1.165, 1.54) is 0 Å². The van der Waals surface area contributed by atoms with E-state index in [2.05, 4.69) is 10.3 Å². The van der Waals surface area contributed by atoms with E-state index in [1.807, 2.05) is 30.5 Å². The largest absolute Gasteiger partial charge is 0.361 e. The van der Waals surface area contributed by atoms with Gasteiger partial charge in [0, 0.05) is 17.1 Å². The predicted molar refractivity (Wildman–Crippen MR) is 67.4 cm³/mol. The van der Waals surface area contributed by atoms with Crippen molar-refractivity contribution in [2.75, 3.05) is 0 Å². The maximum atomic E-state index is 11.4. The van der Waals surface area contributed by atoms with E-state index in [1.54, 1.807) is 6.08 Å². The highest BCUT2D eigenvalue weighted by atomic mass is 32.2. The summed E-state index contributed by atoms with van der Waals surface area (Å²) in [6.07, 6.45) is 3.58. The molecule has 84 valence electrons. The van der Waals surface area contributed by atoms with Crippen molar-refractivity contribution in [3.63, 3.8) is 0 Å². The molecule has 0 atom stereocenters. The molecule has 5 heteroatoms. The molecule has 1 aliphatic heterocycles. The molecule has 2 heterocycles. The van der Waals surface area contributed by atoms with Gasteiger partial charge in [0.2, 0.25) is 0 Å². The van der Waals surface area contributed by atoms with Crippen LogP contribution in [0, 0.1) is 0 Å². The Hall–Kier alpha value is -2.01. The maximum Gasteiger partial charge on any atom is 0.290 e. The number of nitrogens with one attached hydrogen (secondary N) is 2. The van der Waals surface area contributed by atoms with Crippen LogP contribution in [0.15, 0.2) is 35.4 Å². The highest BCUT2D eigenvalue weighted by Gasteiger charge is 2.25. The average molecular weight is 244 g/mol. The fourth-order valence-electron chi connectivity index (χ4n) is 1.80. The smallest absolute Gasteiger partial charge is 0.290 e. The Morgan fingerprint density at radius 2 is 2.06 bits per heavy atom. The minimum Gasteiger partial charge on any atom is -0.361 e. The van der Waals surface area contributed by atoms with Crippen LogP contribution in [0.4, 0.5) is 4.79 Å². The van der Waals surface area contributed by atoms with Gasteiger partial charge in [0.1, 0.15) is 0 Å². The normalized spacial score (nSPS) is 18.0. The molecule has 1 aromatic carbocycles. The van der Waals surface area contributed by atoms with E-state index < -0.39 is 0 Å². The number of hydrogen-bond acceptors (Lipinski definition) is 3. The molecule has 1 aliphatic rings. The molecular formula is C12H8N2O2S. The third-order valence-corrected chi connectivity index (χ3v) is 3.37. The number of H-pyrrole nitrogens is 1. The summed E-state index contributed by atoms with van der Waals surface area (Å²) in [6.45, 7) is 0. The zero-order chi connectivity index (χ0) is 11.8. The van der Waals surface area contributed by atoms with Gasteiger partial charge in [0.05, 0.1) is 4.91 Å². The molecule has 0 unspecified atom stereocenters. The lowest BCUT2D eigenvalue weighted by atomic mass is 10.1. The van der Waals surface area contributed by atoms with Gasteiger partial charge in [-0.25, -0.2) is 0 Å². The Labute approximate surface area is 101 Å². The third kappa shape index (κ3) is 1.74. The van der Waals surface area contributed by atoms with Gasteiger partial charge >= 0.3 is 0 Å². The Kier molecular flexibility index (Phi) is 2.26. The first kappa shape index (κ1) is 10.2. The summed E-state index contributed by atoms with van der Waals surface area (Å²) in [5, 5.41) is 2.96. The number of imide groups is 1. The molecule has 1 fully saturated rings. The third-order valence-electron chi connectivity index (χ3n) is 2.56. The summed E-state index contributed by atoms with van der Waals surface area (Å²) in [4.78, 5) is 26.0. The van der Waals surface area contributed by atoms with Gasteiger partial charge in [-0.15, -0.1) is 0 Å². The molecule has 4 nitrogen and oxygen atoms in total. The zero-order valence-corrected chi connectivity index (χ0v) is 9.51. The zero-order valence-electron chi connectivity index (χ0n) is 8.69. The highest BCUT2D eigenvalue weighted by molar-refractivity contribution is 8.18. The number of carbonyl (C=O) groups is 2. The summed E-state index contributed by atoms with van der Waals surface area (Å²) < 4.78 is 0. The van der Waals surface area contributed by atoms with Gasteiger partial charge in [-0.2, -0.15) is 0 Å². The van der Waals surface area contributed by atoms with E-state index in [-0.39, 0.29) is 11.1 Å². The predicted octanol–water partition coefficient (Wildman–Crippen LogP) is 2.49. The molecule has 0 spiro atoms. The highest BCUT2D eigenvalue weighted by Crippen LogP contribution is 2.28. The second-order valence-electron chi connectivity index (χ2n) is 3.64. The van der Waals surface area contributed by atoms with E-state index in [9.17, 15) is 9.59 Å². The second-order valence-corrected chi connectivity index (χ2v) is 4.65. The van der Waals surface area contributed by atoms with E-state index >= 15 is 0 Å². The lowest BCUT2D eigenvalue weighted by molar-refractivity contribution is -0.115. The lowest BCUT2D eigenvalue weighted by Gasteiger charge is -1.97. The number of fused-ring (bicyclic) bond motifs is 1. The molecule has 0 radical (unpaired) electrons. The van der Waals surface area contributed by atoms with Crippen molar-refractivity contribution in [3.8, 4) is 0 Å². The SMILES string of the molecule is O=C1NC(=O)/C(=C/c2cccc3[nH]ccc23)S1. The summed E-state index contributed by atoms with van der Waals surface area (Å²) in [5.41, 5.74) is 1.94. The average Bonchev–Trinajstić information content (AvgIpc) is 2.87. The van der Waals surface area contributed by atoms with Crippen molar-refractivity contribution < 1.29 is 9.59 Å². The van der Waals surface area contributed by atoms with Crippen LogP contribution >= 0.6 is 11.8 Å². The van der Waals surface area contributed by atoms with Gasteiger partial charge in [-0.05, 0) is 35.5 Å². The van der Waals surface area contributed by atoms with Crippen LogP contribution < -0.4 is 5.32 Å². The van der Waals surface area contributed by atoms with Gasteiger partial charge in [0.15, 0.2) is 0 Å². The molecule has 0 aliphatic carbocycles. The van der Waals surface area contributed by atoms with E-state index in [0.717, 1.165) is 28.2 Å². The number of aromatic nitrogens is 1. The Balaban J connectivity index is 2.11. The van der Waals surface area contributed by atoms with Gasteiger partial charge < -0.3 is 4.98 Å². The number of aromatic amines is 1. The molecule has 0 bridgehead atoms. The molecule has 1 aromatic heterocycles.